The summed E-state index contributed by atoms with van der Waals surface area (Å²) in [5.41, 5.74) is 1.05. The van der Waals surface area contributed by atoms with Crippen molar-refractivity contribution in [2.45, 2.75) is 18.4 Å². The molecule has 2 aromatic carbocycles. The standard InChI is InChI=1S/C18H19NO6S/c1-2-24-18(21)15-8-10-16(11-9-15)26(22,23)19-12-17(20)25-13-14-6-4-3-5-7-14/h3-11,19H,2,12-13H2,1H3. The number of sulfonamides is 1. The largest absolute Gasteiger partial charge is 0.462 e. The van der Waals surface area contributed by atoms with E-state index in [2.05, 4.69) is 4.72 Å². The van der Waals surface area contributed by atoms with E-state index >= 15 is 0 Å². The van der Waals surface area contributed by atoms with Gasteiger partial charge in [0.05, 0.1) is 17.1 Å². The lowest BCUT2D eigenvalue weighted by atomic mass is 10.2. The van der Waals surface area contributed by atoms with Gasteiger partial charge < -0.3 is 9.47 Å². The molecule has 0 aliphatic carbocycles. The molecule has 0 aliphatic heterocycles. The SMILES string of the molecule is CCOC(=O)c1ccc(S(=O)(=O)NCC(=O)OCc2ccccc2)cc1. The fraction of sp³-hybridized carbons (Fsp3) is 0.222. The lowest BCUT2D eigenvalue weighted by Crippen LogP contribution is -2.30. The number of esters is 2. The highest BCUT2D eigenvalue weighted by Gasteiger charge is 2.17. The zero-order valence-electron chi connectivity index (χ0n) is 14.2. The van der Waals surface area contributed by atoms with Crippen LogP contribution in [0.3, 0.4) is 0 Å². The molecule has 7 nitrogen and oxygen atoms in total. The van der Waals surface area contributed by atoms with Gasteiger partial charge in [-0.2, -0.15) is 4.72 Å². The van der Waals surface area contributed by atoms with Crippen molar-refractivity contribution < 1.29 is 27.5 Å². The van der Waals surface area contributed by atoms with Crippen molar-refractivity contribution in [2.75, 3.05) is 13.2 Å². The minimum Gasteiger partial charge on any atom is -0.462 e. The number of nitrogens with one attached hydrogen (secondary N) is 1. The molecule has 8 heteroatoms. The number of hydrogen-bond acceptors (Lipinski definition) is 6. The Morgan fingerprint density at radius 2 is 1.62 bits per heavy atom. The number of carbonyl (C=O) groups is 2. The van der Waals surface area contributed by atoms with Crippen molar-refractivity contribution in [1.29, 1.82) is 0 Å². The molecule has 138 valence electrons. The van der Waals surface area contributed by atoms with Crippen molar-refractivity contribution in [3.63, 3.8) is 0 Å². The van der Waals surface area contributed by atoms with E-state index in [1.165, 1.54) is 24.3 Å². The van der Waals surface area contributed by atoms with E-state index in [0.29, 0.717) is 0 Å². The highest BCUT2D eigenvalue weighted by molar-refractivity contribution is 7.89. The van der Waals surface area contributed by atoms with Gasteiger partial charge in [0.1, 0.15) is 13.2 Å². The van der Waals surface area contributed by atoms with Crippen LogP contribution in [0, 0.1) is 0 Å². The second-order valence-corrected chi connectivity index (χ2v) is 6.98. The van der Waals surface area contributed by atoms with E-state index < -0.39 is 28.5 Å². The van der Waals surface area contributed by atoms with Crippen molar-refractivity contribution >= 4 is 22.0 Å². The second kappa shape index (κ2) is 9.12. The minimum absolute atomic E-state index is 0.0651. The molecule has 0 unspecified atom stereocenters. The van der Waals surface area contributed by atoms with Crippen LogP contribution >= 0.6 is 0 Å². The van der Waals surface area contributed by atoms with Gasteiger partial charge in [-0.05, 0) is 36.8 Å². The molecule has 2 aromatic rings. The first-order valence-electron chi connectivity index (χ1n) is 7.89. The Kier molecular flexibility index (Phi) is 6.88. The van der Waals surface area contributed by atoms with Crippen LogP contribution in [-0.4, -0.2) is 33.5 Å². The van der Waals surface area contributed by atoms with E-state index in [-0.39, 0.29) is 23.7 Å². The number of benzene rings is 2. The van der Waals surface area contributed by atoms with Crippen LogP contribution < -0.4 is 4.72 Å². The first-order valence-corrected chi connectivity index (χ1v) is 9.37. The van der Waals surface area contributed by atoms with E-state index in [9.17, 15) is 18.0 Å². The number of hydrogen-bond donors (Lipinski definition) is 1. The molecule has 26 heavy (non-hydrogen) atoms. The molecule has 0 spiro atoms. The van der Waals surface area contributed by atoms with Crippen molar-refractivity contribution in [3.05, 3.63) is 65.7 Å². The molecular weight excluding hydrogens is 358 g/mol. The number of carbonyl (C=O) groups excluding carboxylic acids is 2. The first-order chi connectivity index (χ1) is 12.4. The Hall–Kier alpha value is -2.71. The summed E-state index contributed by atoms with van der Waals surface area (Å²) in [6.07, 6.45) is 0. The molecule has 0 aliphatic rings. The van der Waals surface area contributed by atoms with Crippen LogP contribution in [0.25, 0.3) is 0 Å². The maximum atomic E-state index is 12.2. The Balaban J connectivity index is 1.89. The summed E-state index contributed by atoms with van der Waals surface area (Å²) in [6, 6.07) is 14.3. The van der Waals surface area contributed by atoms with Gasteiger partial charge in [0, 0.05) is 0 Å². The molecule has 0 saturated heterocycles. The van der Waals surface area contributed by atoms with Crippen LogP contribution in [-0.2, 0) is 30.9 Å². The molecule has 0 radical (unpaired) electrons. The normalized spacial score (nSPS) is 11.0. The third-order valence-corrected chi connectivity index (χ3v) is 4.74. The molecule has 0 bridgehead atoms. The smallest absolute Gasteiger partial charge is 0.338 e. The quantitative estimate of drug-likeness (QED) is 0.706. The summed E-state index contributed by atoms with van der Waals surface area (Å²) < 4.78 is 36.4. The zero-order valence-corrected chi connectivity index (χ0v) is 15.0. The molecule has 2 rings (SSSR count). The summed E-state index contributed by atoms with van der Waals surface area (Å²) in [7, 11) is -3.90. The average Bonchev–Trinajstić information content (AvgIpc) is 2.66. The molecule has 0 atom stereocenters. The third kappa shape index (κ3) is 5.68. The van der Waals surface area contributed by atoms with Gasteiger partial charge in [0.15, 0.2) is 0 Å². The van der Waals surface area contributed by atoms with Gasteiger partial charge in [0.25, 0.3) is 0 Å². The zero-order chi connectivity index (χ0) is 19.0. The minimum atomic E-state index is -3.90. The third-order valence-electron chi connectivity index (χ3n) is 3.32. The Morgan fingerprint density at radius 3 is 2.23 bits per heavy atom. The molecule has 0 aromatic heterocycles. The van der Waals surface area contributed by atoms with Crippen LogP contribution in [0.15, 0.2) is 59.5 Å². The molecular formula is C18H19NO6S. The highest BCUT2D eigenvalue weighted by Crippen LogP contribution is 2.11. The van der Waals surface area contributed by atoms with Crippen molar-refractivity contribution in [2.24, 2.45) is 0 Å². The topological polar surface area (TPSA) is 98.8 Å². The van der Waals surface area contributed by atoms with Gasteiger partial charge in [-0.3, -0.25) is 4.79 Å². The number of rotatable bonds is 8. The van der Waals surface area contributed by atoms with E-state index in [0.717, 1.165) is 5.56 Å². The molecule has 0 saturated carbocycles. The van der Waals surface area contributed by atoms with Gasteiger partial charge >= 0.3 is 11.9 Å². The van der Waals surface area contributed by atoms with Crippen LogP contribution in [0.1, 0.15) is 22.8 Å². The maximum absolute atomic E-state index is 12.2. The maximum Gasteiger partial charge on any atom is 0.338 e. The summed E-state index contributed by atoms with van der Waals surface area (Å²) in [5, 5.41) is 0. The lowest BCUT2D eigenvalue weighted by molar-refractivity contribution is -0.143. The monoisotopic (exact) mass is 377 g/mol. The Morgan fingerprint density at radius 1 is 0.962 bits per heavy atom. The first kappa shape index (κ1) is 19.6. The predicted octanol–water partition coefficient (Wildman–Crippen LogP) is 1.88. The fourth-order valence-electron chi connectivity index (χ4n) is 2.01. The predicted molar refractivity (Wildman–Crippen MR) is 93.8 cm³/mol. The van der Waals surface area contributed by atoms with Gasteiger partial charge in [-0.1, -0.05) is 30.3 Å². The molecule has 0 fully saturated rings. The van der Waals surface area contributed by atoms with Crippen LogP contribution in [0.4, 0.5) is 0 Å². The Labute approximate surface area is 152 Å². The van der Waals surface area contributed by atoms with Crippen molar-refractivity contribution in [3.8, 4) is 0 Å². The highest BCUT2D eigenvalue weighted by atomic mass is 32.2. The summed E-state index contributed by atoms with van der Waals surface area (Å²) in [5.74, 6) is -1.23. The lowest BCUT2D eigenvalue weighted by Gasteiger charge is -2.08. The summed E-state index contributed by atoms with van der Waals surface area (Å²) in [6.45, 7) is 1.48. The summed E-state index contributed by atoms with van der Waals surface area (Å²) in [4.78, 5) is 23.2. The van der Waals surface area contributed by atoms with E-state index in [1.54, 1.807) is 19.1 Å². The van der Waals surface area contributed by atoms with Gasteiger partial charge in [-0.25, -0.2) is 13.2 Å². The molecule has 0 heterocycles. The van der Waals surface area contributed by atoms with Gasteiger partial charge in [0.2, 0.25) is 10.0 Å². The van der Waals surface area contributed by atoms with Gasteiger partial charge in [-0.15, -0.1) is 0 Å². The van der Waals surface area contributed by atoms with Crippen molar-refractivity contribution in [1.82, 2.24) is 4.72 Å². The van der Waals surface area contributed by atoms with Crippen LogP contribution in [0.2, 0.25) is 0 Å². The summed E-state index contributed by atoms with van der Waals surface area (Å²) >= 11 is 0. The molecule has 0 amide bonds. The van der Waals surface area contributed by atoms with Crippen LogP contribution in [0.5, 0.6) is 0 Å². The Bertz CT molecular complexity index is 847. The van der Waals surface area contributed by atoms with E-state index in [4.69, 9.17) is 9.47 Å². The molecule has 1 N–H and O–H groups in total. The van der Waals surface area contributed by atoms with E-state index in [1.807, 2.05) is 18.2 Å². The average molecular weight is 377 g/mol. The second-order valence-electron chi connectivity index (χ2n) is 5.22. The fourth-order valence-corrected chi connectivity index (χ4v) is 2.98. The number of ether oxygens (including phenoxy) is 2.